The third kappa shape index (κ3) is 8.36. The quantitative estimate of drug-likeness (QED) is 0.620. The largest absolute Gasteiger partial charge is 0.334 e. The van der Waals surface area contributed by atoms with Crippen LogP contribution < -0.4 is 11.1 Å². The Morgan fingerprint density at radius 3 is 2.24 bits per heavy atom. The van der Waals surface area contributed by atoms with Gasteiger partial charge in [0.25, 0.3) is 0 Å². The lowest BCUT2D eigenvalue weighted by Gasteiger charge is -2.21. The molecule has 0 atom stereocenters. The molecule has 0 aliphatic heterocycles. The average molecular weight is 370 g/mol. The molecule has 0 aliphatic carbocycles. The highest BCUT2D eigenvalue weighted by molar-refractivity contribution is 5.95. The summed E-state index contributed by atoms with van der Waals surface area (Å²) in [5.41, 5.74) is 8.35. The van der Waals surface area contributed by atoms with Crippen molar-refractivity contribution in [3.05, 3.63) is 29.3 Å². The van der Waals surface area contributed by atoms with Crippen molar-refractivity contribution in [2.45, 2.75) is 52.9 Å². The van der Waals surface area contributed by atoms with Crippen molar-refractivity contribution in [3.8, 4) is 0 Å². The summed E-state index contributed by atoms with van der Waals surface area (Å²) in [5.74, 6) is -0.104. The standard InChI is InChI=1S/C19H31N3O2.ClH/c1-4-22(18(24)12-7-5-6-8-13-20)14-17(23)21-19-15(2)10-9-11-16(19)3;/h9-11H,4-8,12-14,20H2,1-3H3,(H,21,23);1H. The van der Waals surface area contributed by atoms with E-state index in [1.54, 1.807) is 4.90 Å². The van der Waals surface area contributed by atoms with Gasteiger partial charge in [-0.05, 0) is 51.3 Å². The van der Waals surface area contributed by atoms with Crippen LogP contribution in [0, 0.1) is 13.8 Å². The van der Waals surface area contributed by atoms with Crippen LogP contribution >= 0.6 is 12.4 Å². The first-order chi connectivity index (χ1) is 11.5. The van der Waals surface area contributed by atoms with Crippen LogP contribution in [0.5, 0.6) is 0 Å². The molecule has 5 nitrogen and oxygen atoms in total. The Kier molecular flexibility index (Phi) is 11.9. The lowest BCUT2D eigenvalue weighted by molar-refractivity contribution is -0.134. The zero-order valence-corrected chi connectivity index (χ0v) is 16.5. The number of unbranched alkanes of at least 4 members (excludes halogenated alkanes) is 3. The Morgan fingerprint density at radius 2 is 1.68 bits per heavy atom. The van der Waals surface area contributed by atoms with Gasteiger partial charge in [-0.25, -0.2) is 0 Å². The maximum atomic E-state index is 12.3. The minimum Gasteiger partial charge on any atom is -0.334 e. The van der Waals surface area contributed by atoms with Crippen molar-refractivity contribution in [2.75, 3.05) is 25.0 Å². The van der Waals surface area contributed by atoms with Crippen LogP contribution in [-0.2, 0) is 9.59 Å². The van der Waals surface area contributed by atoms with Crippen molar-refractivity contribution in [2.24, 2.45) is 5.73 Å². The monoisotopic (exact) mass is 369 g/mol. The number of nitrogens with two attached hydrogens (primary N) is 1. The molecule has 6 heteroatoms. The van der Waals surface area contributed by atoms with E-state index >= 15 is 0 Å². The molecule has 25 heavy (non-hydrogen) atoms. The number of nitrogens with zero attached hydrogens (tertiary/aromatic N) is 1. The number of likely N-dealkylation sites (N-methyl/N-ethyl adjacent to an activating group) is 1. The predicted molar refractivity (Wildman–Crippen MR) is 106 cm³/mol. The van der Waals surface area contributed by atoms with E-state index in [1.807, 2.05) is 39.0 Å². The molecule has 3 N–H and O–H groups in total. The number of para-hydroxylation sites is 1. The molecule has 0 fully saturated rings. The smallest absolute Gasteiger partial charge is 0.244 e. The van der Waals surface area contributed by atoms with E-state index in [0.29, 0.717) is 19.5 Å². The third-order valence-electron chi connectivity index (χ3n) is 4.16. The second kappa shape index (κ2) is 12.7. The van der Waals surface area contributed by atoms with Gasteiger partial charge in [0.05, 0.1) is 6.54 Å². The van der Waals surface area contributed by atoms with E-state index < -0.39 is 0 Å². The van der Waals surface area contributed by atoms with Gasteiger partial charge in [-0.2, -0.15) is 0 Å². The summed E-state index contributed by atoms with van der Waals surface area (Å²) in [6, 6.07) is 5.90. The van der Waals surface area contributed by atoms with Crippen LogP contribution in [0.4, 0.5) is 5.69 Å². The van der Waals surface area contributed by atoms with Crippen LogP contribution in [0.15, 0.2) is 18.2 Å². The molecule has 0 saturated heterocycles. The van der Waals surface area contributed by atoms with Gasteiger partial charge in [-0.1, -0.05) is 31.0 Å². The van der Waals surface area contributed by atoms with Crippen molar-refractivity contribution in [3.63, 3.8) is 0 Å². The van der Waals surface area contributed by atoms with Crippen molar-refractivity contribution in [1.82, 2.24) is 4.90 Å². The van der Waals surface area contributed by atoms with E-state index in [-0.39, 0.29) is 30.8 Å². The number of rotatable bonds is 10. The van der Waals surface area contributed by atoms with Crippen LogP contribution in [0.25, 0.3) is 0 Å². The van der Waals surface area contributed by atoms with Gasteiger partial charge < -0.3 is 16.0 Å². The molecule has 0 saturated carbocycles. The first kappa shape index (κ1) is 23.4. The van der Waals surface area contributed by atoms with E-state index in [2.05, 4.69) is 5.32 Å². The van der Waals surface area contributed by atoms with Gasteiger partial charge in [0.15, 0.2) is 0 Å². The van der Waals surface area contributed by atoms with E-state index in [4.69, 9.17) is 5.73 Å². The fourth-order valence-electron chi connectivity index (χ4n) is 2.67. The Balaban J connectivity index is 0.00000576. The molecule has 0 aliphatic rings. The van der Waals surface area contributed by atoms with Crippen molar-refractivity contribution < 1.29 is 9.59 Å². The summed E-state index contributed by atoms with van der Waals surface area (Å²) in [7, 11) is 0. The maximum absolute atomic E-state index is 12.3. The Hall–Kier alpha value is -1.59. The van der Waals surface area contributed by atoms with Gasteiger partial charge in [-0.3, -0.25) is 9.59 Å². The summed E-state index contributed by atoms with van der Waals surface area (Å²) in [5, 5.41) is 2.94. The minimum absolute atomic E-state index is 0. The molecule has 0 radical (unpaired) electrons. The Morgan fingerprint density at radius 1 is 1.08 bits per heavy atom. The topological polar surface area (TPSA) is 75.4 Å². The normalized spacial score (nSPS) is 10.1. The number of benzene rings is 1. The van der Waals surface area contributed by atoms with Crippen LogP contribution in [-0.4, -0.2) is 36.3 Å². The molecule has 1 aromatic rings. The summed E-state index contributed by atoms with van der Waals surface area (Å²) < 4.78 is 0. The zero-order chi connectivity index (χ0) is 17.9. The molecule has 2 amide bonds. The highest BCUT2D eigenvalue weighted by Crippen LogP contribution is 2.19. The lowest BCUT2D eigenvalue weighted by Crippen LogP contribution is -2.37. The molecular weight excluding hydrogens is 338 g/mol. The maximum Gasteiger partial charge on any atom is 0.244 e. The number of halogens is 1. The summed E-state index contributed by atoms with van der Waals surface area (Å²) in [6.45, 7) is 7.18. The summed E-state index contributed by atoms with van der Waals surface area (Å²) in [6.07, 6.45) is 4.42. The predicted octanol–water partition coefficient (Wildman–Crippen LogP) is 3.42. The SMILES string of the molecule is CCN(CC(=O)Nc1c(C)cccc1C)C(=O)CCCCCCN.Cl. The summed E-state index contributed by atoms with van der Waals surface area (Å²) >= 11 is 0. The van der Waals surface area contributed by atoms with Crippen LogP contribution in [0.2, 0.25) is 0 Å². The number of anilines is 1. The number of hydrogen-bond donors (Lipinski definition) is 2. The van der Waals surface area contributed by atoms with E-state index in [9.17, 15) is 9.59 Å². The van der Waals surface area contributed by atoms with Gasteiger partial charge in [0, 0.05) is 18.7 Å². The molecule has 0 heterocycles. The molecular formula is C19H32ClN3O2. The highest BCUT2D eigenvalue weighted by atomic mass is 35.5. The number of nitrogens with one attached hydrogen (secondary N) is 1. The second-order valence-corrected chi connectivity index (χ2v) is 6.18. The van der Waals surface area contributed by atoms with Crippen molar-refractivity contribution in [1.29, 1.82) is 0 Å². The van der Waals surface area contributed by atoms with Gasteiger partial charge in [0.2, 0.25) is 11.8 Å². The molecule has 1 aromatic carbocycles. The number of aryl methyl sites for hydroxylation is 2. The average Bonchev–Trinajstić information content (AvgIpc) is 2.55. The van der Waals surface area contributed by atoms with Crippen LogP contribution in [0.1, 0.15) is 50.2 Å². The minimum atomic E-state index is -0.147. The van der Waals surface area contributed by atoms with Crippen LogP contribution in [0.3, 0.4) is 0 Å². The fourth-order valence-corrected chi connectivity index (χ4v) is 2.67. The van der Waals surface area contributed by atoms with E-state index in [0.717, 1.165) is 42.5 Å². The number of amides is 2. The number of carbonyl (C=O) groups excluding carboxylic acids is 2. The third-order valence-corrected chi connectivity index (χ3v) is 4.16. The van der Waals surface area contributed by atoms with Gasteiger partial charge in [0.1, 0.15) is 0 Å². The molecule has 0 bridgehead atoms. The molecule has 0 spiro atoms. The summed E-state index contributed by atoms with van der Waals surface area (Å²) in [4.78, 5) is 26.2. The number of carbonyl (C=O) groups is 2. The van der Waals surface area contributed by atoms with E-state index in [1.165, 1.54) is 0 Å². The molecule has 142 valence electrons. The molecule has 1 rings (SSSR count). The first-order valence-electron chi connectivity index (χ1n) is 8.83. The lowest BCUT2D eigenvalue weighted by atomic mass is 10.1. The zero-order valence-electron chi connectivity index (χ0n) is 15.6. The van der Waals surface area contributed by atoms with Gasteiger partial charge in [-0.15, -0.1) is 12.4 Å². The van der Waals surface area contributed by atoms with Crippen molar-refractivity contribution >= 4 is 29.9 Å². The Labute approximate surface area is 157 Å². The molecule has 0 unspecified atom stereocenters. The van der Waals surface area contributed by atoms with Gasteiger partial charge >= 0.3 is 0 Å². The number of hydrogen-bond acceptors (Lipinski definition) is 3. The first-order valence-corrected chi connectivity index (χ1v) is 8.83. The second-order valence-electron chi connectivity index (χ2n) is 6.18. The fraction of sp³-hybridized carbons (Fsp3) is 0.579. The Bertz CT molecular complexity index is 529. The highest BCUT2D eigenvalue weighted by Gasteiger charge is 2.16. The molecule has 0 aromatic heterocycles.